The Morgan fingerprint density at radius 2 is 2.33 bits per heavy atom. The van der Waals surface area contributed by atoms with Crippen molar-refractivity contribution in [2.24, 2.45) is 7.05 Å². The van der Waals surface area contributed by atoms with E-state index in [1.54, 1.807) is 16.8 Å². The van der Waals surface area contributed by atoms with Crippen LogP contribution in [-0.2, 0) is 11.8 Å². The van der Waals surface area contributed by atoms with Crippen LogP contribution in [0.2, 0.25) is 0 Å². The number of nitrogens with one attached hydrogen (secondary N) is 1. The van der Waals surface area contributed by atoms with Gasteiger partial charge in [0.25, 0.3) is 5.91 Å². The van der Waals surface area contributed by atoms with Crippen LogP contribution in [0.4, 0.5) is 0 Å². The Bertz CT molecular complexity index is 604. The molecule has 0 aliphatic rings. The normalized spacial score (nSPS) is 12.2. The van der Waals surface area contributed by atoms with Crippen LogP contribution in [0, 0.1) is 13.8 Å². The summed E-state index contributed by atoms with van der Waals surface area (Å²) < 4.78 is 12.2. The van der Waals surface area contributed by atoms with E-state index in [0.29, 0.717) is 11.5 Å². The maximum absolute atomic E-state index is 11.7. The summed E-state index contributed by atoms with van der Waals surface area (Å²) in [5.74, 6) is 0.706. The fourth-order valence-electron chi connectivity index (χ4n) is 1.94. The molecule has 0 spiro atoms. The lowest BCUT2D eigenvalue weighted by Gasteiger charge is -2.10. The summed E-state index contributed by atoms with van der Waals surface area (Å²) in [4.78, 5) is 11.7. The van der Waals surface area contributed by atoms with Gasteiger partial charge in [-0.3, -0.25) is 9.48 Å². The highest BCUT2D eigenvalue weighted by atomic mass is 16.5. The van der Waals surface area contributed by atoms with Crippen molar-refractivity contribution >= 4 is 5.91 Å². The van der Waals surface area contributed by atoms with Crippen molar-refractivity contribution in [2.45, 2.75) is 20.0 Å². The second-order valence-corrected chi connectivity index (χ2v) is 4.75. The molecule has 0 aliphatic heterocycles. The zero-order valence-electron chi connectivity index (χ0n) is 12.3. The molecule has 2 N–H and O–H groups in total. The van der Waals surface area contributed by atoms with Gasteiger partial charge in [0.15, 0.2) is 12.4 Å². The molecule has 21 heavy (non-hydrogen) atoms. The number of carbonyl (C=O) groups excluding carboxylic acids is 1. The van der Waals surface area contributed by atoms with Crippen LogP contribution in [-0.4, -0.2) is 33.9 Å². The number of nitrogens with zero attached hydrogens (tertiary/aromatic N) is 2. The van der Waals surface area contributed by atoms with Crippen LogP contribution >= 0.6 is 0 Å². The van der Waals surface area contributed by atoms with Gasteiger partial charge in [-0.15, -0.1) is 0 Å². The first-order valence-electron chi connectivity index (χ1n) is 6.60. The van der Waals surface area contributed by atoms with Crippen LogP contribution in [0.5, 0.6) is 5.75 Å². The first-order chi connectivity index (χ1) is 9.99. The number of furan rings is 1. The molecule has 7 nitrogen and oxygen atoms in total. The van der Waals surface area contributed by atoms with Crippen LogP contribution in [0.15, 0.2) is 22.8 Å². The van der Waals surface area contributed by atoms with Crippen LogP contribution in [0.25, 0.3) is 0 Å². The smallest absolute Gasteiger partial charge is 0.258 e. The van der Waals surface area contributed by atoms with Crippen molar-refractivity contribution in [1.82, 2.24) is 15.1 Å². The van der Waals surface area contributed by atoms with Crippen molar-refractivity contribution in [3.8, 4) is 5.75 Å². The molecule has 2 aromatic rings. The average Bonchev–Trinajstić information content (AvgIpc) is 3.05. The molecule has 0 aromatic carbocycles. The van der Waals surface area contributed by atoms with Gasteiger partial charge in [0, 0.05) is 7.05 Å². The van der Waals surface area contributed by atoms with E-state index in [9.17, 15) is 9.90 Å². The monoisotopic (exact) mass is 293 g/mol. The molecule has 2 aromatic heterocycles. The van der Waals surface area contributed by atoms with E-state index in [2.05, 4.69) is 10.4 Å². The van der Waals surface area contributed by atoms with Crippen molar-refractivity contribution in [3.63, 3.8) is 0 Å². The van der Waals surface area contributed by atoms with Crippen molar-refractivity contribution < 1.29 is 19.1 Å². The van der Waals surface area contributed by atoms with E-state index in [1.165, 1.54) is 6.26 Å². The quantitative estimate of drug-likeness (QED) is 0.824. The Morgan fingerprint density at radius 3 is 2.90 bits per heavy atom. The number of amides is 1. The zero-order chi connectivity index (χ0) is 15.4. The van der Waals surface area contributed by atoms with E-state index >= 15 is 0 Å². The largest absolute Gasteiger partial charge is 0.480 e. The number of aryl methyl sites for hydroxylation is 2. The molecule has 0 saturated heterocycles. The third-order valence-electron chi connectivity index (χ3n) is 3.15. The van der Waals surface area contributed by atoms with Gasteiger partial charge in [-0.25, -0.2) is 0 Å². The molecule has 2 rings (SSSR count). The minimum Gasteiger partial charge on any atom is -0.480 e. The number of aliphatic hydroxyl groups is 1. The summed E-state index contributed by atoms with van der Waals surface area (Å²) in [5, 5.41) is 16.6. The number of hydrogen-bond donors (Lipinski definition) is 2. The highest BCUT2D eigenvalue weighted by Gasteiger charge is 2.14. The summed E-state index contributed by atoms with van der Waals surface area (Å²) >= 11 is 0. The number of aromatic nitrogens is 2. The van der Waals surface area contributed by atoms with Gasteiger partial charge in [-0.1, -0.05) is 0 Å². The Balaban J connectivity index is 1.80. The number of aliphatic hydroxyl groups excluding tert-OH is 1. The van der Waals surface area contributed by atoms with Gasteiger partial charge in [-0.05, 0) is 26.0 Å². The zero-order valence-corrected chi connectivity index (χ0v) is 12.3. The topological polar surface area (TPSA) is 89.5 Å². The molecule has 0 bridgehead atoms. The highest BCUT2D eigenvalue weighted by Crippen LogP contribution is 2.21. The third kappa shape index (κ3) is 3.63. The SMILES string of the molecule is Cc1nn(C)c(C)c1OCC(=O)NCC(O)c1ccco1. The molecule has 0 fully saturated rings. The number of rotatable bonds is 6. The lowest BCUT2D eigenvalue weighted by Crippen LogP contribution is -2.32. The molecule has 0 radical (unpaired) electrons. The fourth-order valence-corrected chi connectivity index (χ4v) is 1.94. The molecule has 0 saturated carbocycles. The maximum Gasteiger partial charge on any atom is 0.258 e. The Labute approximate surface area is 122 Å². The number of hydrogen-bond acceptors (Lipinski definition) is 5. The summed E-state index contributed by atoms with van der Waals surface area (Å²) in [7, 11) is 1.81. The van der Waals surface area contributed by atoms with E-state index in [0.717, 1.165) is 11.4 Å². The minimum absolute atomic E-state index is 0.0701. The van der Waals surface area contributed by atoms with Crippen molar-refractivity contribution in [3.05, 3.63) is 35.5 Å². The molecule has 7 heteroatoms. The van der Waals surface area contributed by atoms with Gasteiger partial charge >= 0.3 is 0 Å². The predicted molar refractivity (Wildman–Crippen MR) is 74.9 cm³/mol. The maximum atomic E-state index is 11.7. The molecule has 114 valence electrons. The number of carbonyl (C=O) groups is 1. The van der Waals surface area contributed by atoms with Crippen LogP contribution in [0.1, 0.15) is 23.3 Å². The molecule has 1 unspecified atom stereocenters. The second kappa shape index (κ2) is 6.45. The Hall–Kier alpha value is -2.28. The molecule has 1 amide bonds. The lowest BCUT2D eigenvalue weighted by atomic mass is 10.3. The first-order valence-corrected chi connectivity index (χ1v) is 6.60. The molecule has 1 atom stereocenters. The summed E-state index contributed by atoms with van der Waals surface area (Å²) in [5.41, 5.74) is 1.59. The van der Waals surface area contributed by atoms with Gasteiger partial charge < -0.3 is 19.6 Å². The van der Waals surface area contributed by atoms with Crippen LogP contribution < -0.4 is 10.1 Å². The van der Waals surface area contributed by atoms with E-state index in [4.69, 9.17) is 9.15 Å². The second-order valence-electron chi connectivity index (χ2n) is 4.75. The van der Waals surface area contributed by atoms with Gasteiger partial charge in [0.2, 0.25) is 0 Å². The van der Waals surface area contributed by atoms with Crippen molar-refractivity contribution in [2.75, 3.05) is 13.2 Å². The first kappa shape index (κ1) is 15.1. The molecule has 0 aliphatic carbocycles. The predicted octanol–water partition coefficient (Wildman–Crippen LogP) is 0.859. The minimum atomic E-state index is -0.870. The Kier molecular flexibility index (Phi) is 4.64. The van der Waals surface area contributed by atoms with E-state index in [1.807, 2.05) is 20.9 Å². The Morgan fingerprint density at radius 1 is 1.57 bits per heavy atom. The highest BCUT2D eigenvalue weighted by molar-refractivity contribution is 5.77. The summed E-state index contributed by atoms with van der Waals surface area (Å²) in [6, 6.07) is 3.33. The number of ether oxygens (including phenoxy) is 1. The molecular formula is C14H19N3O4. The lowest BCUT2D eigenvalue weighted by molar-refractivity contribution is -0.123. The third-order valence-corrected chi connectivity index (χ3v) is 3.15. The van der Waals surface area contributed by atoms with Gasteiger partial charge in [-0.2, -0.15) is 5.10 Å². The van der Waals surface area contributed by atoms with Crippen molar-refractivity contribution in [1.29, 1.82) is 0 Å². The van der Waals surface area contributed by atoms with Gasteiger partial charge in [0.05, 0.1) is 18.5 Å². The van der Waals surface area contributed by atoms with E-state index in [-0.39, 0.29) is 19.1 Å². The standard InChI is InChI=1S/C14H19N3O4/c1-9-14(10(2)17(3)16-9)21-8-13(19)15-7-11(18)12-5-4-6-20-12/h4-6,11,18H,7-8H2,1-3H3,(H,15,19). The average molecular weight is 293 g/mol. The van der Waals surface area contributed by atoms with E-state index < -0.39 is 6.10 Å². The summed E-state index contributed by atoms with van der Waals surface area (Å²) in [6.45, 7) is 3.63. The van der Waals surface area contributed by atoms with Gasteiger partial charge in [0.1, 0.15) is 17.6 Å². The molecule has 2 heterocycles. The summed E-state index contributed by atoms with van der Waals surface area (Å²) in [6.07, 6.45) is 0.600. The fraction of sp³-hybridized carbons (Fsp3) is 0.429. The van der Waals surface area contributed by atoms with Crippen LogP contribution in [0.3, 0.4) is 0 Å². The molecular weight excluding hydrogens is 274 g/mol.